The molecular formula is C19H16ClNO3. The number of cyclic esters (lactones) is 1. The molecule has 24 heavy (non-hydrogen) atoms. The minimum atomic E-state index is -0.440. The largest absolute Gasteiger partial charge is 0.495 e. The third-order valence-corrected chi connectivity index (χ3v) is 3.91. The van der Waals surface area contributed by atoms with Crippen molar-refractivity contribution in [2.75, 3.05) is 7.11 Å². The maximum absolute atomic E-state index is 11.9. The molecule has 0 aliphatic carbocycles. The Morgan fingerprint density at radius 1 is 1.17 bits per heavy atom. The number of carbonyl (C=O) groups excluding carboxylic acids is 1. The van der Waals surface area contributed by atoms with Crippen LogP contribution in [0.5, 0.6) is 5.75 Å². The van der Waals surface area contributed by atoms with Crippen LogP contribution in [0.3, 0.4) is 0 Å². The van der Waals surface area contributed by atoms with Gasteiger partial charge in [-0.3, -0.25) is 0 Å². The van der Waals surface area contributed by atoms with Crippen molar-refractivity contribution < 1.29 is 14.3 Å². The lowest BCUT2D eigenvalue weighted by atomic mass is 10.1. The molecule has 0 fully saturated rings. The average molecular weight is 342 g/mol. The second kappa shape index (κ2) is 7.32. The summed E-state index contributed by atoms with van der Waals surface area (Å²) < 4.78 is 10.3. The van der Waals surface area contributed by atoms with Crippen molar-refractivity contribution in [3.63, 3.8) is 0 Å². The lowest BCUT2D eigenvalue weighted by Crippen LogP contribution is -2.05. The number of benzene rings is 2. The summed E-state index contributed by atoms with van der Waals surface area (Å²) in [5.74, 6) is 0.583. The maximum atomic E-state index is 11.9. The van der Waals surface area contributed by atoms with Crippen LogP contribution in [0.1, 0.15) is 17.5 Å². The van der Waals surface area contributed by atoms with Crippen LogP contribution in [0.25, 0.3) is 6.08 Å². The van der Waals surface area contributed by atoms with E-state index in [1.54, 1.807) is 25.3 Å². The van der Waals surface area contributed by atoms with Gasteiger partial charge >= 0.3 is 5.97 Å². The topological polar surface area (TPSA) is 47.9 Å². The number of rotatable bonds is 5. The van der Waals surface area contributed by atoms with Crippen LogP contribution in [0.2, 0.25) is 5.02 Å². The Bertz CT molecular complexity index is 813. The highest BCUT2D eigenvalue weighted by molar-refractivity contribution is 6.32. The highest BCUT2D eigenvalue weighted by atomic mass is 35.5. The number of carbonyl (C=O) groups is 1. The molecule has 122 valence electrons. The average Bonchev–Trinajstić information content (AvgIpc) is 2.94. The summed E-state index contributed by atoms with van der Waals surface area (Å²) in [6.07, 6.45) is 3.01. The van der Waals surface area contributed by atoms with Crippen LogP contribution in [-0.4, -0.2) is 19.0 Å². The van der Waals surface area contributed by atoms with Crippen molar-refractivity contribution in [3.8, 4) is 5.75 Å². The van der Waals surface area contributed by atoms with Crippen molar-refractivity contribution in [1.29, 1.82) is 0 Å². The van der Waals surface area contributed by atoms with E-state index in [-0.39, 0.29) is 5.70 Å². The summed E-state index contributed by atoms with van der Waals surface area (Å²) in [5.41, 5.74) is 2.22. The molecule has 1 heterocycles. The number of methoxy groups -OCH3 is 1. The molecule has 0 spiro atoms. The molecule has 0 saturated heterocycles. The quantitative estimate of drug-likeness (QED) is 0.602. The van der Waals surface area contributed by atoms with Crippen LogP contribution < -0.4 is 4.74 Å². The molecule has 0 unspecified atom stereocenters. The van der Waals surface area contributed by atoms with E-state index in [9.17, 15) is 4.79 Å². The molecule has 0 N–H and O–H groups in total. The third kappa shape index (κ3) is 3.84. The fraction of sp³-hybridized carbons (Fsp3) is 0.158. The Labute approximate surface area is 145 Å². The van der Waals surface area contributed by atoms with Crippen LogP contribution in [0, 0.1) is 0 Å². The van der Waals surface area contributed by atoms with Crippen molar-refractivity contribution in [1.82, 2.24) is 0 Å². The smallest absolute Gasteiger partial charge is 0.363 e. The van der Waals surface area contributed by atoms with Gasteiger partial charge in [0.2, 0.25) is 0 Å². The summed E-state index contributed by atoms with van der Waals surface area (Å²) in [6, 6.07) is 15.3. The predicted octanol–water partition coefficient (Wildman–Crippen LogP) is 4.28. The summed E-state index contributed by atoms with van der Waals surface area (Å²) in [5, 5.41) is 0.478. The summed E-state index contributed by atoms with van der Waals surface area (Å²) >= 11 is 6.09. The minimum Gasteiger partial charge on any atom is -0.495 e. The van der Waals surface area contributed by atoms with Gasteiger partial charge in [0.05, 0.1) is 12.1 Å². The fourth-order valence-corrected chi connectivity index (χ4v) is 2.65. The van der Waals surface area contributed by atoms with E-state index in [4.69, 9.17) is 21.1 Å². The van der Waals surface area contributed by atoms with Gasteiger partial charge in [-0.05, 0) is 35.8 Å². The van der Waals surface area contributed by atoms with Gasteiger partial charge in [0.15, 0.2) is 11.6 Å². The highest BCUT2D eigenvalue weighted by Gasteiger charge is 2.22. The molecule has 0 aromatic heterocycles. The van der Waals surface area contributed by atoms with E-state index in [0.717, 1.165) is 12.0 Å². The normalized spacial score (nSPS) is 15.3. The van der Waals surface area contributed by atoms with Crippen molar-refractivity contribution in [2.45, 2.75) is 12.8 Å². The van der Waals surface area contributed by atoms with Crippen LogP contribution in [0.15, 0.2) is 59.2 Å². The van der Waals surface area contributed by atoms with Gasteiger partial charge in [0.1, 0.15) is 5.75 Å². The highest BCUT2D eigenvalue weighted by Crippen LogP contribution is 2.27. The number of hydrogen-bond donors (Lipinski definition) is 0. The monoisotopic (exact) mass is 341 g/mol. The van der Waals surface area contributed by atoms with Crippen LogP contribution in [0.4, 0.5) is 0 Å². The molecule has 0 amide bonds. The number of ether oxygens (including phenoxy) is 2. The molecule has 0 saturated carbocycles. The van der Waals surface area contributed by atoms with Gasteiger partial charge < -0.3 is 9.47 Å². The van der Waals surface area contributed by atoms with Crippen molar-refractivity contribution >= 4 is 29.5 Å². The van der Waals surface area contributed by atoms with Crippen LogP contribution in [-0.2, 0) is 16.0 Å². The van der Waals surface area contributed by atoms with E-state index < -0.39 is 5.97 Å². The molecule has 2 aromatic carbocycles. The molecule has 4 nitrogen and oxygen atoms in total. The number of halogens is 1. The second-order valence-corrected chi connectivity index (χ2v) is 5.71. The van der Waals surface area contributed by atoms with Gasteiger partial charge in [-0.1, -0.05) is 48.0 Å². The minimum absolute atomic E-state index is 0.277. The first-order valence-corrected chi connectivity index (χ1v) is 7.92. The zero-order chi connectivity index (χ0) is 16.9. The van der Waals surface area contributed by atoms with Gasteiger partial charge in [-0.25, -0.2) is 9.79 Å². The molecule has 2 aromatic rings. The Hall–Kier alpha value is -2.59. The lowest BCUT2D eigenvalue weighted by Gasteiger charge is -2.03. The van der Waals surface area contributed by atoms with E-state index >= 15 is 0 Å². The van der Waals surface area contributed by atoms with Gasteiger partial charge in [0.25, 0.3) is 0 Å². The standard InChI is InChI=1S/C19H16ClNO3/c1-23-17-9-7-14(11-15(17)20)12-16-19(22)24-18(21-16)10-8-13-5-3-2-4-6-13/h2-7,9,11-12H,8,10H2,1H3/b16-12+. The molecule has 0 bridgehead atoms. The number of nitrogens with zero attached hydrogens (tertiary/aromatic N) is 1. The Morgan fingerprint density at radius 2 is 1.96 bits per heavy atom. The Balaban J connectivity index is 1.72. The first-order valence-electron chi connectivity index (χ1n) is 7.54. The molecule has 3 rings (SSSR count). The molecule has 0 atom stereocenters. The van der Waals surface area contributed by atoms with Gasteiger partial charge in [-0.2, -0.15) is 0 Å². The summed E-state index contributed by atoms with van der Waals surface area (Å²) in [7, 11) is 1.55. The second-order valence-electron chi connectivity index (χ2n) is 5.30. The van der Waals surface area contributed by atoms with Gasteiger partial charge in [-0.15, -0.1) is 0 Å². The van der Waals surface area contributed by atoms with Crippen molar-refractivity contribution in [2.24, 2.45) is 4.99 Å². The Morgan fingerprint density at radius 3 is 2.67 bits per heavy atom. The van der Waals surface area contributed by atoms with E-state index in [1.165, 1.54) is 5.56 Å². The number of hydrogen-bond acceptors (Lipinski definition) is 4. The molecule has 1 aliphatic rings. The van der Waals surface area contributed by atoms with E-state index in [0.29, 0.717) is 23.1 Å². The molecular weight excluding hydrogens is 326 g/mol. The molecule has 0 radical (unpaired) electrons. The zero-order valence-corrected chi connectivity index (χ0v) is 13.9. The first kappa shape index (κ1) is 16.3. The summed E-state index contributed by atoms with van der Waals surface area (Å²) in [6.45, 7) is 0. The van der Waals surface area contributed by atoms with Crippen molar-refractivity contribution in [3.05, 3.63) is 70.4 Å². The van der Waals surface area contributed by atoms with Gasteiger partial charge in [0, 0.05) is 6.42 Å². The summed E-state index contributed by atoms with van der Waals surface area (Å²) in [4.78, 5) is 16.2. The SMILES string of the molecule is COc1ccc(/C=C2/N=C(CCc3ccccc3)OC2=O)cc1Cl. The fourth-order valence-electron chi connectivity index (χ4n) is 2.39. The predicted molar refractivity (Wildman–Crippen MR) is 94.3 cm³/mol. The number of esters is 1. The zero-order valence-electron chi connectivity index (χ0n) is 13.2. The maximum Gasteiger partial charge on any atom is 0.363 e. The molecule has 5 heteroatoms. The molecule has 1 aliphatic heterocycles. The Kier molecular flexibility index (Phi) is 4.96. The van der Waals surface area contributed by atoms with E-state index in [1.807, 2.05) is 36.4 Å². The number of aryl methyl sites for hydroxylation is 1. The van der Waals surface area contributed by atoms with Crippen LogP contribution >= 0.6 is 11.6 Å². The van der Waals surface area contributed by atoms with E-state index in [2.05, 4.69) is 4.99 Å². The third-order valence-electron chi connectivity index (χ3n) is 3.61. The lowest BCUT2D eigenvalue weighted by molar-refractivity contribution is -0.130. The first-order chi connectivity index (χ1) is 11.7. The number of aliphatic imine (C=N–C) groups is 1.